The molecule has 20 heavy (non-hydrogen) atoms. The average Bonchev–Trinajstić information content (AvgIpc) is 2.80. The van der Waals surface area contributed by atoms with Crippen molar-refractivity contribution in [2.75, 3.05) is 40.4 Å². The molecular formula is C14H27N3O3. The van der Waals surface area contributed by atoms with Crippen LogP contribution in [0.2, 0.25) is 0 Å². The van der Waals surface area contributed by atoms with E-state index >= 15 is 0 Å². The van der Waals surface area contributed by atoms with Crippen LogP contribution in [0.4, 0.5) is 0 Å². The smallest absolute Gasteiger partial charge is 0.325 e. The SMILES string of the molecule is CN=C(NCC(=O)OC(C)(C)C)N(C)CC1CCOC1. The second-order valence-electron chi connectivity index (χ2n) is 6.10. The molecule has 116 valence electrons. The molecule has 0 saturated carbocycles. The zero-order chi connectivity index (χ0) is 15.2. The van der Waals surface area contributed by atoms with Gasteiger partial charge in [-0.2, -0.15) is 0 Å². The largest absolute Gasteiger partial charge is 0.459 e. The van der Waals surface area contributed by atoms with Crippen LogP contribution in [0.3, 0.4) is 0 Å². The van der Waals surface area contributed by atoms with Crippen LogP contribution in [0.15, 0.2) is 4.99 Å². The van der Waals surface area contributed by atoms with Gasteiger partial charge in [0.2, 0.25) is 0 Å². The molecular weight excluding hydrogens is 258 g/mol. The van der Waals surface area contributed by atoms with Crippen LogP contribution < -0.4 is 5.32 Å². The summed E-state index contributed by atoms with van der Waals surface area (Å²) in [6, 6.07) is 0. The van der Waals surface area contributed by atoms with Gasteiger partial charge in [0.25, 0.3) is 0 Å². The van der Waals surface area contributed by atoms with Crippen LogP contribution in [0.25, 0.3) is 0 Å². The van der Waals surface area contributed by atoms with Crippen LogP contribution in [-0.2, 0) is 14.3 Å². The van der Waals surface area contributed by atoms with E-state index in [2.05, 4.69) is 10.3 Å². The summed E-state index contributed by atoms with van der Waals surface area (Å²) in [5.41, 5.74) is -0.463. The zero-order valence-electron chi connectivity index (χ0n) is 13.2. The Bertz CT molecular complexity index is 344. The number of aliphatic imine (C=N–C) groups is 1. The van der Waals surface area contributed by atoms with E-state index < -0.39 is 5.60 Å². The van der Waals surface area contributed by atoms with E-state index in [0.29, 0.717) is 11.9 Å². The van der Waals surface area contributed by atoms with E-state index in [1.54, 1.807) is 7.05 Å². The first-order chi connectivity index (χ1) is 9.31. The first-order valence-corrected chi connectivity index (χ1v) is 7.03. The van der Waals surface area contributed by atoms with Crippen molar-refractivity contribution in [2.45, 2.75) is 32.8 Å². The normalized spacial score (nSPS) is 19.9. The predicted molar refractivity (Wildman–Crippen MR) is 78.8 cm³/mol. The molecule has 0 aromatic rings. The third-order valence-electron chi connectivity index (χ3n) is 2.94. The highest BCUT2D eigenvalue weighted by molar-refractivity contribution is 5.84. The molecule has 6 heteroatoms. The predicted octanol–water partition coefficient (Wildman–Crippen LogP) is 0.872. The van der Waals surface area contributed by atoms with Crippen molar-refractivity contribution >= 4 is 11.9 Å². The standard InChI is InChI=1S/C14H27N3O3/c1-14(2,3)20-12(18)8-16-13(15-4)17(5)9-11-6-7-19-10-11/h11H,6-10H2,1-5H3,(H,15,16). The summed E-state index contributed by atoms with van der Waals surface area (Å²) in [5.74, 6) is 0.944. The van der Waals surface area contributed by atoms with E-state index in [-0.39, 0.29) is 12.5 Å². The maximum Gasteiger partial charge on any atom is 0.325 e. The van der Waals surface area contributed by atoms with Crippen molar-refractivity contribution in [3.63, 3.8) is 0 Å². The molecule has 1 heterocycles. The van der Waals surface area contributed by atoms with Gasteiger partial charge in [-0.1, -0.05) is 0 Å². The molecule has 6 nitrogen and oxygen atoms in total. The van der Waals surface area contributed by atoms with Gasteiger partial charge in [0.1, 0.15) is 12.1 Å². The van der Waals surface area contributed by atoms with Gasteiger partial charge in [-0.3, -0.25) is 9.79 Å². The number of esters is 1. The van der Waals surface area contributed by atoms with Crippen molar-refractivity contribution in [3.8, 4) is 0 Å². The number of nitrogens with one attached hydrogen (secondary N) is 1. The minimum Gasteiger partial charge on any atom is -0.459 e. The van der Waals surface area contributed by atoms with Gasteiger partial charge in [-0.15, -0.1) is 0 Å². The third kappa shape index (κ3) is 6.23. The molecule has 0 bridgehead atoms. The van der Waals surface area contributed by atoms with E-state index in [1.165, 1.54) is 0 Å². The summed E-state index contributed by atoms with van der Waals surface area (Å²) < 4.78 is 10.6. The lowest BCUT2D eigenvalue weighted by atomic mass is 10.1. The van der Waals surface area contributed by atoms with Crippen LogP contribution >= 0.6 is 0 Å². The van der Waals surface area contributed by atoms with Crippen molar-refractivity contribution in [1.82, 2.24) is 10.2 Å². The van der Waals surface area contributed by atoms with Gasteiger partial charge in [-0.25, -0.2) is 0 Å². The Kier molecular flexibility index (Phi) is 6.26. The first kappa shape index (κ1) is 16.8. The highest BCUT2D eigenvalue weighted by Gasteiger charge is 2.20. The molecule has 1 aliphatic heterocycles. The zero-order valence-corrected chi connectivity index (χ0v) is 13.2. The van der Waals surface area contributed by atoms with Crippen molar-refractivity contribution < 1.29 is 14.3 Å². The summed E-state index contributed by atoms with van der Waals surface area (Å²) in [5, 5.41) is 3.03. The minimum atomic E-state index is -0.463. The summed E-state index contributed by atoms with van der Waals surface area (Å²) >= 11 is 0. The lowest BCUT2D eigenvalue weighted by molar-refractivity contribution is -0.153. The second kappa shape index (κ2) is 7.47. The van der Waals surface area contributed by atoms with Gasteiger partial charge in [0, 0.05) is 33.2 Å². The highest BCUT2D eigenvalue weighted by atomic mass is 16.6. The number of carbonyl (C=O) groups is 1. The highest BCUT2D eigenvalue weighted by Crippen LogP contribution is 2.13. The topological polar surface area (TPSA) is 63.2 Å². The number of guanidine groups is 1. The summed E-state index contributed by atoms with van der Waals surface area (Å²) in [4.78, 5) is 17.9. The van der Waals surface area contributed by atoms with Crippen LogP contribution in [0.1, 0.15) is 27.2 Å². The lowest BCUT2D eigenvalue weighted by Gasteiger charge is -2.25. The molecule has 1 atom stereocenters. The fourth-order valence-electron chi connectivity index (χ4n) is 2.11. The number of carbonyl (C=O) groups excluding carboxylic acids is 1. The molecule has 1 unspecified atom stereocenters. The second-order valence-corrected chi connectivity index (χ2v) is 6.10. The molecule has 0 amide bonds. The van der Waals surface area contributed by atoms with Gasteiger partial charge >= 0.3 is 5.97 Å². The quantitative estimate of drug-likeness (QED) is 0.472. The number of ether oxygens (including phenoxy) is 2. The summed E-state index contributed by atoms with van der Waals surface area (Å²) in [6.45, 7) is 8.18. The monoisotopic (exact) mass is 285 g/mol. The number of hydrogen-bond acceptors (Lipinski definition) is 4. The molecule has 1 fully saturated rings. The van der Waals surface area contributed by atoms with Crippen molar-refractivity contribution in [2.24, 2.45) is 10.9 Å². The molecule has 0 radical (unpaired) electrons. The molecule has 0 aliphatic carbocycles. The van der Waals surface area contributed by atoms with E-state index in [1.807, 2.05) is 32.7 Å². The molecule has 0 aromatic heterocycles. The van der Waals surface area contributed by atoms with E-state index in [9.17, 15) is 4.79 Å². The van der Waals surface area contributed by atoms with Gasteiger partial charge in [0.15, 0.2) is 5.96 Å². The average molecular weight is 285 g/mol. The molecule has 1 aliphatic rings. The molecule has 0 spiro atoms. The maximum atomic E-state index is 11.7. The van der Waals surface area contributed by atoms with Crippen LogP contribution in [-0.4, -0.2) is 62.8 Å². The Morgan fingerprint density at radius 1 is 1.50 bits per heavy atom. The number of nitrogens with zero attached hydrogens (tertiary/aromatic N) is 2. The van der Waals surface area contributed by atoms with Crippen LogP contribution in [0, 0.1) is 5.92 Å². The summed E-state index contributed by atoms with van der Waals surface area (Å²) in [6.07, 6.45) is 1.08. The Morgan fingerprint density at radius 3 is 2.70 bits per heavy atom. The summed E-state index contributed by atoms with van der Waals surface area (Å²) in [7, 11) is 3.67. The third-order valence-corrected chi connectivity index (χ3v) is 2.94. The lowest BCUT2D eigenvalue weighted by Crippen LogP contribution is -2.44. The van der Waals surface area contributed by atoms with E-state index in [0.717, 1.165) is 26.2 Å². The fraction of sp³-hybridized carbons (Fsp3) is 0.857. The number of rotatable bonds is 4. The molecule has 1 N–H and O–H groups in total. The van der Waals surface area contributed by atoms with Crippen molar-refractivity contribution in [1.29, 1.82) is 0 Å². The van der Waals surface area contributed by atoms with Crippen molar-refractivity contribution in [3.05, 3.63) is 0 Å². The van der Waals surface area contributed by atoms with Gasteiger partial charge < -0.3 is 19.7 Å². The fourth-order valence-corrected chi connectivity index (χ4v) is 2.11. The maximum absolute atomic E-state index is 11.7. The minimum absolute atomic E-state index is 0.120. The molecule has 0 aromatic carbocycles. The first-order valence-electron chi connectivity index (χ1n) is 7.03. The van der Waals surface area contributed by atoms with E-state index in [4.69, 9.17) is 9.47 Å². The Hall–Kier alpha value is -1.30. The van der Waals surface area contributed by atoms with Crippen LogP contribution in [0.5, 0.6) is 0 Å². The molecule has 1 rings (SSSR count). The Morgan fingerprint density at radius 2 is 2.20 bits per heavy atom. The van der Waals surface area contributed by atoms with Gasteiger partial charge in [0.05, 0.1) is 6.61 Å². The number of hydrogen-bond donors (Lipinski definition) is 1. The Labute approximate surface area is 121 Å². The molecule has 1 saturated heterocycles. The van der Waals surface area contributed by atoms with Gasteiger partial charge in [-0.05, 0) is 27.2 Å². The Balaban J connectivity index is 2.36.